The van der Waals surface area contributed by atoms with Crippen molar-refractivity contribution in [1.82, 2.24) is 4.98 Å². The van der Waals surface area contributed by atoms with Gasteiger partial charge in [0, 0.05) is 19.3 Å². The summed E-state index contributed by atoms with van der Waals surface area (Å²) in [5.74, 6) is 0.770. The van der Waals surface area contributed by atoms with E-state index in [1.54, 1.807) is 12.3 Å². The molecule has 18 heavy (non-hydrogen) atoms. The lowest BCUT2D eigenvalue weighted by Gasteiger charge is -2.25. The van der Waals surface area contributed by atoms with Crippen molar-refractivity contribution in [2.24, 2.45) is 5.41 Å². The van der Waals surface area contributed by atoms with E-state index >= 15 is 0 Å². The minimum absolute atomic E-state index is 0.385. The van der Waals surface area contributed by atoms with Gasteiger partial charge < -0.3 is 10.6 Å². The normalized spacial score (nSPS) is 19.1. The largest absolute Gasteiger partial charge is 0.395 e. The Kier molecular flexibility index (Phi) is 3.42. The third kappa shape index (κ3) is 2.56. The first kappa shape index (κ1) is 12.7. The monoisotopic (exact) mass is 244 g/mol. The molecule has 0 saturated carbocycles. The first-order valence-electron chi connectivity index (χ1n) is 6.43. The molecule has 96 valence electrons. The highest BCUT2D eigenvalue weighted by atomic mass is 15.2. The van der Waals surface area contributed by atoms with Gasteiger partial charge in [0.25, 0.3) is 0 Å². The molecular formula is C14H20N4. The van der Waals surface area contributed by atoms with E-state index in [0.717, 1.165) is 31.7 Å². The summed E-state index contributed by atoms with van der Waals surface area (Å²) in [7, 11) is 0. The maximum atomic E-state index is 9.00. The highest BCUT2D eigenvalue weighted by Crippen LogP contribution is 2.33. The van der Waals surface area contributed by atoms with Gasteiger partial charge in [-0.15, -0.1) is 0 Å². The quantitative estimate of drug-likeness (QED) is 0.824. The zero-order valence-corrected chi connectivity index (χ0v) is 11.1. The molecule has 0 aliphatic carbocycles. The molecule has 4 nitrogen and oxygen atoms in total. The maximum Gasteiger partial charge on any atom is 0.153 e. The minimum Gasteiger partial charge on any atom is -0.395 e. The van der Waals surface area contributed by atoms with Gasteiger partial charge in [0.05, 0.1) is 11.3 Å². The Morgan fingerprint density at radius 1 is 1.39 bits per heavy atom. The van der Waals surface area contributed by atoms with E-state index in [-0.39, 0.29) is 0 Å². The Hall–Kier alpha value is -1.76. The molecular weight excluding hydrogens is 224 g/mol. The van der Waals surface area contributed by atoms with Crippen molar-refractivity contribution >= 4 is 11.5 Å². The molecule has 1 aromatic rings. The molecule has 1 aromatic heterocycles. The Balaban J connectivity index is 2.25. The molecule has 0 bridgehead atoms. The van der Waals surface area contributed by atoms with Crippen molar-refractivity contribution in [2.45, 2.75) is 33.1 Å². The van der Waals surface area contributed by atoms with Gasteiger partial charge >= 0.3 is 0 Å². The molecule has 4 heteroatoms. The number of nitrogens with two attached hydrogens (primary N) is 1. The van der Waals surface area contributed by atoms with E-state index in [1.807, 2.05) is 0 Å². The number of hydrogen-bond acceptors (Lipinski definition) is 4. The van der Waals surface area contributed by atoms with Crippen LogP contribution < -0.4 is 10.6 Å². The highest BCUT2D eigenvalue weighted by molar-refractivity contribution is 5.70. The van der Waals surface area contributed by atoms with Gasteiger partial charge in [0.2, 0.25) is 0 Å². The molecule has 2 N–H and O–H groups in total. The van der Waals surface area contributed by atoms with Crippen LogP contribution in [0.5, 0.6) is 0 Å². The summed E-state index contributed by atoms with van der Waals surface area (Å²) in [6.45, 7) is 6.53. The van der Waals surface area contributed by atoms with Crippen LogP contribution in [0.3, 0.4) is 0 Å². The van der Waals surface area contributed by atoms with Crippen LogP contribution in [0.15, 0.2) is 12.3 Å². The van der Waals surface area contributed by atoms with Crippen LogP contribution in [-0.2, 0) is 0 Å². The smallest absolute Gasteiger partial charge is 0.153 e. The van der Waals surface area contributed by atoms with Crippen molar-refractivity contribution < 1.29 is 0 Å². The fraction of sp³-hybridized carbons (Fsp3) is 0.571. The van der Waals surface area contributed by atoms with E-state index in [2.05, 4.69) is 29.8 Å². The lowest BCUT2D eigenvalue weighted by molar-refractivity contribution is 0.325. The zero-order valence-electron chi connectivity index (χ0n) is 11.1. The summed E-state index contributed by atoms with van der Waals surface area (Å²) in [4.78, 5) is 6.56. The number of nitrogen functional groups attached to an aromatic ring is 1. The van der Waals surface area contributed by atoms with E-state index in [9.17, 15) is 0 Å². The SMILES string of the molecule is CC1(C)CCCN(c2nccc(C#N)c2N)CC1. The van der Waals surface area contributed by atoms with Crippen LogP contribution >= 0.6 is 0 Å². The lowest BCUT2D eigenvalue weighted by Crippen LogP contribution is -2.27. The summed E-state index contributed by atoms with van der Waals surface area (Å²) in [5, 5.41) is 9.00. The van der Waals surface area contributed by atoms with Crippen LogP contribution in [0, 0.1) is 16.7 Å². The van der Waals surface area contributed by atoms with Crippen LogP contribution in [-0.4, -0.2) is 18.1 Å². The summed E-state index contributed by atoms with van der Waals surface area (Å²) >= 11 is 0. The predicted octanol–water partition coefficient (Wildman–Crippen LogP) is 2.55. The third-order valence-corrected chi connectivity index (χ3v) is 3.73. The molecule has 2 rings (SSSR count). The molecule has 1 aliphatic heterocycles. The summed E-state index contributed by atoms with van der Waals surface area (Å²) in [6, 6.07) is 3.78. The van der Waals surface area contributed by atoms with Crippen molar-refractivity contribution in [3.8, 4) is 6.07 Å². The number of aromatic nitrogens is 1. The second kappa shape index (κ2) is 4.85. The standard InChI is InChI=1S/C14H20N4/c1-14(2)5-3-8-18(9-6-14)13-12(16)11(10-15)4-7-17-13/h4,7H,3,5-6,8-9,16H2,1-2H3. The van der Waals surface area contributed by atoms with Crippen molar-refractivity contribution in [2.75, 3.05) is 23.7 Å². The van der Waals surface area contributed by atoms with E-state index in [0.29, 0.717) is 16.7 Å². The molecule has 0 amide bonds. The van der Waals surface area contributed by atoms with Gasteiger partial charge in [0.15, 0.2) is 5.82 Å². The molecule has 1 aliphatic rings. The van der Waals surface area contributed by atoms with Crippen LogP contribution in [0.25, 0.3) is 0 Å². The third-order valence-electron chi connectivity index (χ3n) is 3.73. The van der Waals surface area contributed by atoms with Crippen LogP contribution in [0.4, 0.5) is 11.5 Å². The molecule has 0 radical (unpaired) electrons. The number of hydrogen-bond donors (Lipinski definition) is 1. The van der Waals surface area contributed by atoms with E-state index < -0.39 is 0 Å². The van der Waals surface area contributed by atoms with Gasteiger partial charge in [-0.3, -0.25) is 0 Å². The van der Waals surface area contributed by atoms with Gasteiger partial charge in [-0.2, -0.15) is 5.26 Å². The molecule has 0 atom stereocenters. The summed E-state index contributed by atoms with van der Waals surface area (Å²) in [6.07, 6.45) is 5.16. The number of pyridine rings is 1. The number of anilines is 2. The molecule has 1 saturated heterocycles. The first-order chi connectivity index (χ1) is 8.53. The number of nitriles is 1. The Bertz CT molecular complexity index is 473. The topological polar surface area (TPSA) is 65.9 Å². The molecule has 0 aromatic carbocycles. The van der Waals surface area contributed by atoms with E-state index in [4.69, 9.17) is 11.0 Å². The first-order valence-corrected chi connectivity index (χ1v) is 6.43. The Morgan fingerprint density at radius 2 is 2.17 bits per heavy atom. The fourth-order valence-corrected chi connectivity index (χ4v) is 2.45. The second-order valence-corrected chi connectivity index (χ2v) is 5.71. The summed E-state index contributed by atoms with van der Waals surface area (Å²) in [5.41, 5.74) is 7.43. The van der Waals surface area contributed by atoms with Gasteiger partial charge in [0.1, 0.15) is 6.07 Å². The molecule has 2 heterocycles. The van der Waals surface area contributed by atoms with Crippen molar-refractivity contribution in [3.05, 3.63) is 17.8 Å². The molecule has 0 unspecified atom stereocenters. The lowest BCUT2D eigenvalue weighted by atomic mass is 9.85. The van der Waals surface area contributed by atoms with E-state index in [1.165, 1.54) is 6.42 Å². The van der Waals surface area contributed by atoms with Crippen molar-refractivity contribution in [3.63, 3.8) is 0 Å². The fourth-order valence-electron chi connectivity index (χ4n) is 2.45. The van der Waals surface area contributed by atoms with Crippen LogP contribution in [0.2, 0.25) is 0 Å². The molecule has 1 fully saturated rings. The number of nitrogens with zero attached hydrogens (tertiary/aromatic N) is 3. The van der Waals surface area contributed by atoms with Crippen LogP contribution in [0.1, 0.15) is 38.7 Å². The average molecular weight is 244 g/mol. The van der Waals surface area contributed by atoms with Gasteiger partial charge in [-0.05, 0) is 30.7 Å². The second-order valence-electron chi connectivity index (χ2n) is 5.71. The Labute approximate surface area is 108 Å². The maximum absolute atomic E-state index is 9.00. The Morgan fingerprint density at radius 3 is 2.89 bits per heavy atom. The van der Waals surface area contributed by atoms with Gasteiger partial charge in [-0.1, -0.05) is 13.8 Å². The van der Waals surface area contributed by atoms with Crippen molar-refractivity contribution in [1.29, 1.82) is 5.26 Å². The molecule has 0 spiro atoms. The minimum atomic E-state index is 0.385. The predicted molar refractivity (Wildman–Crippen MR) is 73.2 cm³/mol. The zero-order chi connectivity index (χ0) is 13.2. The number of rotatable bonds is 1. The highest BCUT2D eigenvalue weighted by Gasteiger charge is 2.24. The van der Waals surface area contributed by atoms with Gasteiger partial charge in [-0.25, -0.2) is 4.98 Å². The average Bonchev–Trinajstić information content (AvgIpc) is 2.51. The summed E-state index contributed by atoms with van der Waals surface area (Å²) < 4.78 is 0.